The lowest BCUT2D eigenvalue weighted by Crippen LogP contribution is -1.96. The van der Waals surface area contributed by atoms with Crippen LogP contribution < -0.4 is 0 Å². The number of hydrogen-bond donors (Lipinski definition) is 2. The zero-order valence-electron chi connectivity index (χ0n) is 10.5. The number of carbonyl (C=O) groups is 2. The van der Waals surface area contributed by atoms with Gasteiger partial charge in [0.25, 0.3) is 0 Å². The molecular weight excluding hydrogens is 256 g/mol. The Hall–Kier alpha value is -2.88. The maximum absolute atomic E-state index is 11.9. The first kappa shape index (κ1) is 13.5. The molecule has 0 aliphatic rings. The van der Waals surface area contributed by atoms with Gasteiger partial charge in [0, 0.05) is 5.56 Å². The first-order valence-corrected chi connectivity index (χ1v) is 5.91. The Morgan fingerprint density at radius 3 is 2.35 bits per heavy atom. The SMILES string of the molecule is O=C(O)c1cccc(/C=C/C(=O)c2cccc(O)c2)c1. The molecule has 0 heterocycles. The zero-order chi connectivity index (χ0) is 14.5. The minimum atomic E-state index is -1.01. The first-order valence-electron chi connectivity index (χ1n) is 5.91. The van der Waals surface area contributed by atoms with Crippen molar-refractivity contribution in [2.45, 2.75) is 0 Å². The molecule has 0 unspecified atom stereocenters. The summed E-state index contributed by atoms with van der Waals surface area (Å²) in [5.74, 6) is -1.25. The van der Waals surface area contributed by atoms with Crippen molar-refractivity contribution in [2.75, 3.05) is 0 Å². The van der Waals surface area contributed by atoms with Crippen molar-refractivity contribution >= 4 is 17.8 Å². The number of ketones is 1. The largest absolute Gasteiger partial charge is 0.508 e. The first-order chi connectivity index (χ1) is 9.56. The summed E-state index contributed by atoms with van der Waals surface area (Å²) in [7, 11) is 0. The van der Waals surface area contributed by atoms with Crippen LogP contribution in [-0.2, 0) is 0 Å². The molecule has 2 aromatic carbocycles. The quantitative estimate of drug-likeness (QED) is 0.660. The Kier molecular flexibility index (Phi) is 3.96. The van der Waals surface area contributed by atoms with Crippen LogP contribution in [0.2, 0.25) is 0 Å². The number of phenols is 1. The van der Waals surface area contributed by atoms with Gasteiger partial charge in [0.15, 0.2) is 5.78 Å². The molecule has 4 heteroatoms. The van der Waals surface area contributed by atoms with Crippen molar-refractivity contribution in [3.05, 3.63) is 71.3 Å². The second kappa shape index (κ2) is 5.84. The minimum absolute atomic E-state index is 0.0251. The Balaban J connectivity index is 2.19. The molecule has 0 radical (unpaired) electrons. The van der Waals surface area contributed by atoms with E-state index < -0.39 is 5.97 Å². The fourth-order valence-electron chi connectivity index (χ4n) is 1.70. The predicted octanol–water partition coefficient (Wildman–Crippen LogP) is 2.99. The summed E-state index contributed by atoms with van der Waals surface area (Å²) in [6.45, 7) is 0. The lowest BCUT2D eigenvalue weighted by molar-refractivity contribution is 0.0696. The van der Waals surface area contributed by atoms with E-state index in [1.165, 1.54) is 30.3 Å². The van der Waals surface area contributed by atoms with E-state index in [1.807, 2.05) is 0 Å². The van der Waals surface area contributed by atoms with E-state index in [1.54, 1.807) is 30.3 Å². The van der Waals surface area contributed by atoms with Crippen LogP contribution in [0.1, 0.15) is 26.3 Å². The van der Waals surface area contributed by atoms with E-state index in [2.05, 4.69) is 0 Å². The normalized spacial score (nSPS) is 10.6. The molecule has 0 atom stereocenters. The highest BCUT2D eigenvalue weighted by Gasteiger charge is 2.04. The highest BCUT2D eigenvalue weighted by Crippen LogP contribution is 2.13. The van der Waals surface area contributed by atoms with Crippen LogP contribution in [0.15, 0.2) is 54.6 Å². The van der Waals surface area contributed by atoms with Gasteiger partial charge >= 0.3 is 5.97 Å². The van der Waals surface area contributed by atoms with Gasteiger partial charge in [-0.05, 0) is 35.9 Å². The molecule has 20 heavy (non-hydrogen) atoms. The van der Waals surface area contributed by atoms with Gasteiger partial charge in [-0.15, -0.1) is 0 Å². The highest BCUT2D eigenvalue weighted by atomic mass is 16.4. The lowest BCUT2D eigenvalue weighted by atomic mass is 10.1. The smallest absolute Gasteiger partial charge is 0.335 e. The number of phenolic OH excluding ortho intramolecular Hbond substituents is 1. The lowest BCUT2D eigenvalue weighted by Gasteiger charge is -1.98. The van der Waals surface area contributed by atoms with Gasteiger partial charge in [0.05, 0.1) is 5.56 Å². The Morgan fingerprint density at radius 1 is 0.950 bits per heavy atom. The third kappa shape index (κ3) is 3.32. The summed E-state index contributed by atoms with van der Waals surface area (Å²) in [5, 5.41) is 18.2. The summed E-state index contributed by atoms with van der Waals surface area (Å²) in [6, 6.07) is 12.3. The maximum atomic E-state index is 11.9. The minimum Gasteiger partial charge on any atom is -0.508 e. The number of carbonyl (C=O) groups excluding carboxylic acids is 1. The zero-order valence-corrected chi connectivity index (χ0v) is 10.5. The molecule has 2 rings (SSSR count). The topological polar surface area (TPSA) is 74.6 Å². The molecule has 2 N–H and O–H groups in total. The number of benzene rings is 2. The van der Waals surface area contributed by atoms with Gasteiger partial charge < -0.3 is 10.2 Å². The molecule has 0 fully saturated rings. The standard InChI is InChI=1S/C16H12O4/c17-14-6-2-4-12(10-14)15(18)8-7-11-3-1-5-13(9-11)16(19)20/h1-10,17H,(H,19,20)/b8-7+. The van der Waals surface area contributed by atoms with Gasteiger partial charge in [0.1, 0.15) is 5.75 Å². The van der Waals surface area contributed by atoms with E-state index in [-0.39, 0.29) is 17.1 Å². The number of aromatic hydroxyl groups is 1. The number of carboxylic acid groups (broad SMARTS) is 1. The molecule has 4 nitrogen and oxygen atoms in total. The molecule has 100 valence electrons. The van der Waals surface area contributed by atoms with E-state index in [0.29, 0.717) is 11.1 Å². The molecular formula is C16H12O4. The van der Waals surface area contributed by atoms with Gasteiger partial charge in [-0.1, -0.05) is 30.3 Å². The summed E-state index contributed by atoms with van der Waals surface area (Å²) in [6.07, 6.45) is 2.88. The van der Waals surface area contributed by atoms with Gasteiger partial charge in [0.2, 0.25) is 0 Å². The van der Waals surface area contributed by atoms with E-state index in [4.69, 9.17) is 5.11 Å². The van der Waals surface area contributed by atoms with Crippen molar-refractivity contribution in [1.29, 1.82) is 0 Å². The molecule has 0 amide bonds. The molecule has 2 aromatic rings. The average molecular weight is 268 g/mol. The fraction of sp³-hybridized carbons (Fsp3) is 0. The third-order valence-corrected chi connectivity index (χ3v) is 2.69. The van der Waals surface area contributed by atoms with E-state index in [0.717, 1.165) is 0 Å². The molecule has 0 saturated heterocycles. The van der Waals surface area contributed by atoms with Crippen LogP contribution in [0, 0.1) is 0 Å². The Morgan fingerprint density at radius 2 is 1.65 bits per heavy atom. The van der Waals surface area contributed by atoms with Crippen LogP contribution in [0.3, 0.4) is 0 Å². The van der Waals surface area contributed by atoms with E-state index >= 15 is 0 Å². The van der Waals surface area contributed by atoms with Crippen LogP contribution in [0.5, 0.6) is 5.75 Å². The van der Waals surface area contributed by atoms with E-state index in [9.17, 15) is 14.7 Å². The summed E-state index contributed by atoms with van der Waals surface area (Å²) < 4.78 is 0. The molecule has 0 saturated carbocycles. The third-order valence-electron chi connectivity index (χ3n) is 2.69. The number of carboxylic acids is 1. The van der Waals surface area contributed by atoms with Crippen molar-refractivity contribution in [2.24, 2.45) is 0 Å². The molecule has 0 aromatic heterocycles. The average Bonchev–Trinajstić information content (AvgIpc) is 2.45. The second-order valence-electron chi connectivity index (χ2n) is 4.18. The van der Waals surface area contributed by atoms with Crippen LogP contribution in [-0.4, -0.2) is 22.0 Å². The molecule has 0 bridgehead atoms. The maximum Gasteiger partial charge on any atom is 0.335 e. The number of rotatable bonds is 4. The molecule has 0 aliphatic heterocycles. The van der Waals surface area contributed by atoms with Crippen LogP contribution in [0.4, 0.5) is 0 Å². The summed E-state index contributed by atoms with van der Waals surface area (Å²) in [4.78, 5) is 22.7. The van der Waals surface area contributed by atoms with Gasteiger partial charge in [-0.2, -0.15) is 0 Å². The summed E-state index contributed by atoms with van der Waals surface area (Å²) in [5.41, 5.74) is 1.16. The van der Waals surface area contributed by atoms with Crippen molar-refractivity contribution in [3.63, 3.8) is 0 Å². The number of hydrogen-bond acceptors (Lipinski definition) is 3. The number of aromatic carboxylic acids is 1. The molecule has 0 aliphatic carbocycles. The van der Waals surface area contributed by atoms with Gasteiger partial charge in [-0.25, -0.2) is 4.79 Å². The van der Waals surface area contributed by atoms with Crippen LogP contribution in [0.25, 0.3) is 6.08 Å². The number of allylic oxidation sites excluding steroid dienone is 1. The molecule has 0 spiro atoms. The van der Waals surface area contributed by atoms with Crippen molar-refractivity contribution in [1.82, 2.24) is 0 Å². The summed E-state index contributed by atoms with van der Waals surface area (Å²) >= 11 is 0. The van der Waals surface area contributed by atoms with Crippen molar-refractivity contribution in [3.8, 4) is 5.75 Å². The fourth-order valence-corrected chi connectivity index (χ4v) is 1.70. The van der Waals surface area contributed by atoms with Crippen LogP contribution >= 0.6 is 0 Å². The highest BCUT2D eigenvalue weighted by molar-refractivity contribution is 6.07. The Bertz CT molecular complexity index is 686. The predicted molar refractivity (Wildman–Crippen MR) is 74.9 cm³/mol. The monoisotopic (exact) mass is 268 g/mol. The Labute approximate surface area is 115 Å². The van der Waals surface area contributed by atoms with Crippen molar-refractivity contribution < 1.29 is 19.8 Å². The second-order valence-corrected chi connectivity index (χ2v) is 4.18. The van der Waals surface area contributed by atoms with Gasteiger partial charge in [-0.3, -0.25) is 4.79 Å².